The van der Waals surface area contributed by atoms with E-state index in [4.69, 9.17) is 9.84 Å². The number of allylic oxidation sites excluding steroid dienone is 4. The van der Waals surface area contributed by atoms with Gasteiger partial charge in [-0.1, -0.05) is 34.9 Å². The van der Waals surface area contributed by atoms with Gasteiger partial charge in [0.2, 0.25) is 0 Å². The van der Waals surface area contributed by atoms with Crippen LogP contribution >= 0.6 is 0 Å². The van der Waals surface area contributed by atoms with E-state index in [2.05, 4.69) is 19.1 Å². The van der Waals surface area contributed by atoms with Gasteiger partial charge in [-0.2, -0.15) is 0 Å². The maximum absolute atomic E-state index is 12.3. The monoisotopic (exact) mass is 376 g/mol. The molecule has 5 heteroatoms. The van der Waals surface area contributed by atoms with Crippen molar-refractivity contribution in [3.63, 3.8) is 0 Å². The highest BCUT2D eigenvalue weighted by molar-refractivity contribution is 6.02. The smallest absolute Gasteiger partial charge is 0.190 e. The first-order valence-electron chi connectivity index (χ1n) is 9.63. The van der Waals surface area contributed by atoms with E-state index in [9.17, 15) is 15.0 Å². The fourth-order valence-electron chi connectivity index (χ4n) is 3.37. The summed E-state index contributed by atoms with van der Waals surface area (Å²) in [7, 11) is 0. The molecule has 3 N–H and O–H groups in total. The Hall–Kier alpha value is -1.53. The van der Waals surface area contributed by atoms with Gasteiger partial charge in [0.05, 0.1) is 13.2 Å². The Morgan fingerprint density at radius 2 is 1.67 bits per heavy atom. The van der Waals surface area contributed by atoms with E-state index in [1.165, 1.54) is 17.2 Å². The summed E-state index contributed by atoms with van der Waals surface area (Å²) in [6.07, 6.45) is 10.5. The molecule has 1 saturated heterocycles. The van der Waals surface area contributed by atoms with E-state index in [1.54, 1.807) is 0 Å². The zero-order valence-electron chi connectivity index (χ0n) is 16.6. The molecule has 1 heterocycles. The minimum Gasteiger partial charge on any atom is -0.392 e. The van der Waals surface area contributed by atoms with Gasteiger partial charge in [0.1, 0.15) is 12.2 Å². The van der Waals surface area contributed by atoms with Gasteiger partial charge >= 0.3 is 0 Å². The third kappa shape index (κ3) is 5.48. The molecule has 0 unspecified atom stereocenters. The van der Waals surface area contributed by atoms with Gasteiger partial charge in [-0.25, -0.2) is 0 Å². The first-order valence-corrected chi connectivity index (χ1v) is 9.63. The van der Waals surface area contributed by atoms with E-state index < -0.39 is 17.8 Å². The van der Waals surface area contributed by atoms with E-state index >= 15 is 0 Å². The molecule has 27 heavy (non-hydrogen) atoms. The second-order valence-electron chi connectivity index (χ2n) is 7.71. The lowest BCUT2D eigenvalue weighted by atomic mass is 9.84. The van der Waals surface area contributed by atoms with Crippen LogP contribution in [0.2, 0.25) is 0 Å². The van der Waals surface area contributed by atoms with Crippen LogP contribution in [0, 0.1) is 0 Å². The SMILES string of the molecule is C/C(=C\CC/C(C)=C/CC/C(C)=C/C[C@@]12O[C@@H]1[C@H](O)C(CO)=CC2=O)CO. The zero-order chi connectivity index (χ0) is 20.0. The van der Waals surface area contributed by atoms with Gasteiger partial charge in [-0.15, -0.1) is 0 Å². The Labute approximate surface area is 161 Å². The summed E-state index contributed by atoms with van der Waals surface area (Å²) in [6, 6.07) is 0. The summed E-state index contributed by atoms with van der Waals surface area (Å²) in [5, 5.41) is 28.3. The van der Waals surface area contributed by atoms with Crippen molar-refractivity contribution >= 4 is 5.78 Å². The van der Waals surface area contributed by atoms with Crippen LogP contribution in [0.25, 0.3) is 0 Å². The van der Waals surface area contributed by atoms with Crippen LogP contribution in [0.15, 0.2) is 46.6 Å². The molecule has 0 spiro atoms. The normalized spacial score (nSPS) is 28.9. The molecule has 1 aliphatic carbocycles. The standard InChI is InChI=1S/C22H32O5/c1-15(7-5-9-17(3)13-23)6-4-8-16(2)10-11-22-19(25)12-18(14-24)20(26)21(22)27-22/h6,9-10,12,20-21,23-24,26H,4-5,7-8,11,13-14H2,1-3H3/b15-6+,16-10+,17-9+/t20-,21-,22+/m1/s1. The fraction of sp³-hybridized carbons (Fsp3) is 0.591. The zero-order valence-corrected chi connectivity index (χ0v) is 16.6. The third-order valence-corrected chi connectivity index (χ3v) is 5.39. The van der Waals surface area contributed by atoms with Gasteiger partial charge in [-0.05, 0) is 58.1 Å². The first kappa shape index (κ1) is 21.8. The summed E-state index contributed by atoms with van der Waals surface area (Å²) >= 11 is 0. The van der Waals surface area contributed by atoms with Crippen LogP contribution in [0.1, 0.15) is 52.9 Å². The number of carbonyl (C=O) groups excluding carboxylic acids is 1. The topological polar surface area (TPSA) is 90.3 Å². The Morgan fingerprint density at radius 3 is 2.26 bits per heavy atom. The van der Waals surface area contributed by atoms with Crippen LogP contribution in [0.3, 0.4) is 0 Å². The molecule has 150 valence electrons. The summed E-state index contributed by atoms with van der Waals surface area (Å²) in [5.74, 6) is -0.159. The molecule has 0 radical (unpaired) electrons. The van der Waals surface area contributed by atoms with Crippen LogP contribution in [0.5, 0.6) is 0 Å². The van der Waals surface area contributed by atoms with Crippen molar-refractivity contribution in [3.05, 3.63) is 46.6 Å². The van der Waals surface area contributed by atoms with Crippen molar-refractivity contribution < 1.29 is 24.9 Å². The summed E-state index contributed by atoms with van der Waals surface area (Å²) in [5.41, 5.74) is 2.94. The quantitative estimate of drug-likeness (QED) is 0.403. The van der Waals surface area contributed by atoms with Gasteiger partial charge in [0.15, 0.2) is 11.4 Å². The summed E-state index contributed by atoms with van der Waals surface area (Å²) in [4.78, 5) is 12.3. The average molecular weight is 376 g/mol. The molecule has 0 bridgehead atoms. The van der Waals surface area contributed by atoms with Crippen LogP contribution in [0.4, 0.5) is 0 Å². The molecule has 2 aliphatic rings. The first-order chi connectivity index (χ1) is 12.8. The van der Waals surface area contributed by atoms with E-state index in [-0.39, 0.29) is 19.0 Å². The molecule has 2 rings (SSSR count). The summed E-state index contributed by atoms with van der Waals surface area (Å²) < 4.78 is 5.55. The molecular weight excluding hydrogens is 344 g/mol. The second kappa shape index (κ2) is 9.60. The van der Waals surface area contributed by atoms with Crippen LogP contribution < -0.4 is 0 Å². The highest BCUT2D eigenvalue weighted by Gasteiger charge is 2.66. The number of carbonyl (C=O) groups is 1. The molecule has 3 atom stereocenters. The van der Waals surface area contributed by atoms with Crippen molar-refractivity contribution in [3.8, 4) is 0 Å². The lowest BCUT2D eigenvalue weighted by molar-refractivity contribution is -0.119. The number of hydrogen-bond donors (Lipinski definition) is 3. The fourth-order valence-corrected chi connectivity index (χ4v) is 3.37. The Balaban J connectivity index is 1.80. The molecule has 0 saturated carbocycles. The number of ketones is 1. The molecule has 0 aromatic heterocycles. The maximum Gasteiger partial charge on any atom is 0.190 e. The predicted octanol–water partition coefficient (Wildman–Crippen LogP) is 2.77. The number of aliphatic hydroxyl groups is 3. The molecule has 0 aromatic rings. The number of aliphatic hydroxyl groups excluding tert-OH is 3. The van der Waals surface area contributed by atoms with Crippen molar-refractivity contribution in [2.24, 2.45) is 0 Å². The van der Waals surface area contributed by atoms with Gasteiger partial charge < -0.3 is 20.1 Å². The largest absolute Gasteiger partial charge is 0.392 e. The highest BCUT2D eigenvalue weighted by Crippen LogP contribution is 2.48. The minimum atomic E-state index is -0.929. The number of epoxide rings is 1. The van der Waals surface area contributed by atoms with E-state index in [0.29, 0.717) is 12.0 Å². The second-order valence-corrected chi connectivity index (χ2v) is 7.71. The molecule has 1 fully saturated rings. The lowest BCUT2D eigenvalue weighted by Crippen LogP contribution is -2.37. The molecular formula is C22H32O5. The molecule has 0 aromatic carbocycles. The van der Waals surface area contributed by atoms with E-state index in [1.807, 2.05) is 19.9 Å². The molecule has 5 nitrogen and oxygen atoms in total. The molecule has 0 amide bonds. The molecule has 1 aliphatic heterocycles. The van der Waals surface area contributed by atoms with Crippen molar-refractivity contribution in [2.45, 2.75) is 70.7 Å². The minimum absolute atomic E-state index is 0.120. The Kier molecular flexibility index (Phi) is 7.74. The van der Waals surface area contributed by atoms with E-state index in [0.717, 1.165) is 31.3 Å². The van der Waals surface area contributed by atoms with Gasteiger partial charge in [0.25, 0.3) is 0 Å². The summed E-state index contributed by atoms with van der Waals surface area (Å²) in [6.45, 7) is 5.89. The van der Waals surface area contributed by atoms with Gasteiger partial charge in [-0.3, -0.25) is 4.79 Å². The van der Waals surface area contributed by atoms with Gasteiger partial charge in [0, 0.05) is 6.42 Å². The average Bonchev–Trinajstić information content (AvgIpc) is 3.40. The van der Waals surface area contributed by atoms with Crippen molar-refractivity contribution in [1.29, 1.82) is 0 Å². The Morgan fingerprint density at radius 1 is 1.07 bits per heavy atom. The number of fused-ring (bicyclic) bond motifs is 1. The van der Waals surface area contributed by atoms with Crippen molar-refractivity contribution in [1.82, 2.24) is 0 Å². The highest BCUT2D eigenvalue weighted by atomic mass is 16.6. The van der Waals surface area contributed by atoms with Crippen LogP contribution in [-0.4, -0.2) is 52.1 Å². The number of hydrogen-bond acceptors (Lipinski definition) is 5. The number of rotatable bonds is 10. The maximum atomic E-state index is 12.3. The third-order valence-electron chi connectivity index (χ3n) is 5.39. The Bertz CT molecular complexity index is 670. The number of ether oxygens (including phenoxy) is 1. The van der Waals surface area contributed by atoms with Crippen LogP contribution in [-0.2, 0) is 9.53 Å². The lowest BCUT2D eigenvalue weighted by Gasteiger charge is -2.19. The predicted molar refractivity (Wildman–Crippen MR) is 105 cm³/mol. The van der Waals surface area contributed by atoms with Crippen molar-refractivity contribution in [2.75, 3.05) is 13.2 Å².